The molecule has 0 spiro atoms. The number of hydrogen-bond donors (Lipinski definition) is 1. The summed E-state index contributed by atoms with van der Waals surface area (Å²) in [6, 6.07) is 0.706. The van der Waals surface area contributed by atoms with Crippen LogP contribution in [0.25, 0.3) is 0 Å². The second-order valence-corrected chi connectivity index (χ2v) is 5.90. The number of aryl methyl sites for hydroxylation is 1. The molecule has 0 bridgehead atoms. The van der Waals surface area contributed by atoms with Gasteiger partial charge >= 0.3 is 0 Å². The molecule has 3 nitrogen and oxygen atoms in total. The van der Waals surface area contributed by atoms with E-state index in [1.807, 2.05) is 11.3 Å². The summed E-state index contributed by atoms with van der Waals surface area (Å²) in [5.74, 6) is 0. The second kappa shape index (κ2) is 6.47. The zero-order valence-electron chi connectivity index (χ0n) is 10.7. The van der Waals surface area contributed by atoms with Gasteiger partial charge in [0.05, 0.1) is 10.7 Å². The van der Waals surface area contributed by atoms with Crippen molar-refractivity contribution in [3.63, 3.8) is 0 Å². The zero-order valence-corrected chi connectivity index (χ0v) is 11.5. The molecule has 1 aliphatic rings. The summed E-state index contributed by atoms with van der Waals surface area (Å²) in [6.45, 7) is 2.01. The van der Waals surface area contributed by atoms with E-state index in [1.165, 1.54) is 36.5 Å². The van der Waals surface area contributed by atoms with Gasteiger partial charge in [-0.2, -0.15) is 0 Å². The fraction of sp³-hybridized carbons (Fsp3) is 0.769. The highest BCUT2D eigenvalue weighted by Gasteiger charge is 2.20. The van der Waals surface area contributed by atoms with E-state index in [2.05, 4.69) is 17.3 Å². The second-order valence-electron chi connectivity index (χ2n) is 4.96. The molecule has 2 heterocycles. The Balaban J connectivity index is 1.87. The molecule has 17 heavy (non-hydrogen) atoms. The van der Waals surface area contributed by atoms with E-state index in [0.29, 0.717) is 6.04 Å². The van der Waals surface area contributed by atoms with Gasteiger partial charge in [-0.05, 0) is 45.8 Å². The van der Waals surface area contributed by atoms with Gasteiger partial charge in [0.25, 0.3) is 0 Å². The Morgan fingerprint density at radius 3 is 3.18 bits per heavy atom. The lowest BCUT2D eigenvalue weighted by Gasteiger charge is -2.31. The van der Waals surface area contributed by atoms with Crippen LogP contribution in [0.5, 0.6) is 0 Å². The third kappa shape index (κ3) is 3.76. The summed E-state index contributed by atoms with van der Waals surface area (Å²) in [5.41, 5.74) is 6.75. The van der Waals surface area contributed by atoms with Crippen molar-refractivity contribution in [2.45, 2.75) is 44.6 Å². The van der Waals surface area contributed by atoms with Crippen molar-refractivity contribution in [1.29, 1.82) is 0 Å². The number of nitrogens with zero attached hydrogens (tertiary/aromatic N) is 2. The van der Waals surface area contributed by atoms with Crippen molar-refractivity contribution in [2.75, 3.05) is 20.1 Å². The number of aromatic nitrogens is 1. The largest absolute Gasteiger partial charge is 0.330 e. The number of rotatable bonds is 5. The lowest BCUT2D eigenvalue weighted by Crippen LogP contribution is -2.37. The first kappa shape index (κ1) is 13.0. The highest BCUT2D eigenvalue weighted by Crippen LogP contribution is 2.21. The Bertz CT molecular complexity index is 337. The molecule has 0 saturated carbocycles. The third-order valence-electron chi connectivity index (χ3n) is 3.57. The summed E-state index contributed by atoms with van der Waals surface area (Å²) in [4.78, 5) is 7.20. The molecular weight excluding hydrogens is 230 g/mol. The minimum Gasteiger partial charge on any atom is -0.330 e. The van der Waals surface area contributed by atoms with Crippen molar-refractivity contribution in [3.8, 4) is 0 Å². The fourth-order valence-electron chi connectivity index (χ4n) is 2.44. The van der Waals surface area contributed by atoms with Crippen molar-refractivity contribution >= 4 is 11.3 Å². The minimum atomic E-state index is 0.706. The van der Waals surface area contributed by atoms with Crippen LogP contribution in [0.3, 0.4) is 0 Å². The van der Waals surface area contributed by atoms with E-state index in [4.69, 9.17) is 10.7 Å². The van der Waals surface area contributed by atoms with Crippen molar-refractivity contribution in [2.24, 2.45) is 5.73 Å². The van der Waals surface area contributed by atoms with E-state index in [1.54, 1.807) is 0 Å². The van der Waals surface area contributed by atoms with Gasteiger partial charge in [-0.15, -0.1) is 11.3 Å². The van der Waals surface area contributed by atoms with Gasteiger partial charge in [0.1, 0.15) is 0 Å². The average molecular weight is 253 g/mol. The van der Waals surface area contributed by atoms with E-state index >= 15 is 0 Å². The van der Waals surface area contributed by atoms with Crippen LogP contribution in [-0.4, -0.2) is 36.1 Å². The Kier molecular flexibility index (Phi) is 4.95. The van der Waals surface area contributed by atoms with Crippen LogP contribution in [0.4, 0.5) is 0 Å². The minimum absolute atomic E-state index is 0.706. The maximum Gasteiger partial charge on any atom is 0.0943 e. The van der Waals surface area contributed by atoms with Crippen molar-refractivity contribution in [3.05, 3.63) is 16.1 Å². The molecule has 2 rings (SSSR count). The van der Waals surface area contributed by atoms with Crippen LogP contribution in [0.1, 0.15) is 36.4 Å². The van der Waals surface area contributed by atoms with Crippen LogP contribution in [-0.2, 0) is 12.8 Å². The van der Waals surface area contributed by atoms with Gasteiger partial charge < -0.3 is 10.6 Å². The molecule has 1 fully saturated rings. The quantitative estimate of drug-likeness (QED) is 0.873. The Labute approximate surface area is 108 Å². The van der Waals surface area contributed by atoms with E-state index in [-0.39, 0.29) is 0 Å². The smallest absolute Gasteiger partial charge is 0.0943 e. The summed E-state index contributed by atoms with van der Waals surface area (Å²) in [5, 5.41) is 3.50. The molecule has 1 saturated heterocycles. The van der Waals surface area contributed by atoms with Gasteiger partial charge in [0.2, 0.25) is 0 Å². The monoisotopic (exact) mass is 253 g/mol. The van der Waals surface area contributed by atoms with E-state index in [0.717, 1.165) is 25.8 Å². The van der Waals surface area contributed by atoms with Crippen molar-refractivity contribution < 1.29 is 0 Å². The Hall–Kier alpha value is -0.450. The number of likely N-dealkylation sites (tertiary alicyclic amines) is 1. The molecule has 0 aromatic carbocycles. The molecule has 4 heteroatoms. The number of hydrogen-bond acceptors (Lipinski definition) is 4. The standard InChI is InChI=1S/C13H23N3S/c1-16-8-3-2-6-12(16)9-13-15-11(10-17-13)5-4-7-14/h10,12H,2-9,14H2,1H3. The maximum atomic E-state index is 5.52. The molecule has 96 valence electrons. The number of likely N-dealkylation sites (N-methyl/N-ethyl adjacent to an activating group) is 1. The van der Waals surface area contributed by atoms with Crippen LogP contribution >= 0.6 is 11.3 Å². The molecule has 1 atom stereocenters. The maximum absolute atomic E-state index is 5.52. The highest BCUT2D eigenvalue weighted by atomic mass is 32.1. The SMILES string of the molecule is CN1CCCCC1Cc1nc(CCCN)cs1. The summed E-state index contributed by atoms with van der Waals surface area (Å²) in [6.07, 6.45) is 7.27. The summed E-state index contributed by atoms with van der Waals surface area (Å²) in [7, 11) is 2.24. The van der Waals surface area contributed by atoms with Gasteiger partial charge in [0, 0.05) is 17.8 Å². The molecule has 1 aromatic rings. The first-order valence-corrected chi connectivity index (χ1v) is 7.51. The summed E-state index contributed by atoms with van der Waals surface area (Å²) >= 11 is 1.82. The zero-order chi connectivity index (χ0) is 12.1. The average Bonchev–Trinajstić information content (AvgIpc) is 2.77. The van der Waals surface area contributed by atoms with Crippen LogP contribution in [0.2, 0.25) is 0 Å². The van der Waals surface area contributed by atoms with E-state index in [9.17, 15) is 0 Å². The van der Waals surface area contributed by atoms with Crippen LogP contribution in [0, 0.1) is 0 Å². The molecule has 1 unspecified atom stereocenters. The molecule has 0 radical (unpaired) electrons. The molecule has 1 aromatic heterocycles. The Morgan fingerprint density at radius 2 is 2.41 bits per heavy atom. The van der Waals surface area contributed by atoms with Crippen LogP contribution < -0.4 is 5.73 Å². The number of thiazole rings is 1. The lowest BCUT2D eigenvalue weighted by atomic mass is 10.0. The highest BCUT2D eigenvalue weighted by molar-refractivity contribution is 7.09. The summed E-state index contributed by atoms with van der Waals surface area (Å²) < 4.78 is 0. The van der Waals surface area contributed by atoms with Gasteiger partial charge in [-0.1, -0.05) is 6.42 Å². The molecule has 2 N–H and O–H groups in total. The lowest BCUT2D eigenvalue weighted by molar-refractivity contribution is 0.184. The van der Waals surface area contributed by atoms with Gasteiger partial charge in [-0.25, -0.2) is 4.98 Å². The molecular formula is C13H23N3S. The molecule has 1 aliphatic heterocycles. The predicted molar refractivity (Wildman–Crippen MR) is 73.5 cm³/mol. The van der Waals surface area contributed by atoms with E-state index < -0.39 is 0 Å². The van der Waals surface area contributed by atoms with Gasteiger partial charge in [0.15, 0.2) is 0 Å². The van der Waals surface area contributed by atoms with Crippen molar-refractivity contribution in [1.82, 2.24) is 9.88 Å². The number of piperidine rings is 1. The first-order chi connectivity index (χ1) is 8.29. The number of nitrogens with two attached hydrogens (primary N) is 1. The third-order valence-corrected chi connectivity index (χ3v) is 4.49. The normalized spacial score (nSPS) is 21.9. The first-order valence-electron chi connectivity index (χ1n) is 6.63. The topological polar surface area (TPSA) is 42.2 Å². The van der Waals surface area contributed by atoms with Crippen LogP contribution in [0.15, 0.2) is 5.38 Å². The fourth-order valence-corrected chi connectivity index (χ4v) is 3.35. The van der Waals surface area contributed by atoms with Gasteiger partial charge in [-0.3, -0.25) is 0 Å². The molecule has 0 aliphatic carbocycles. The Morgan fingerprint density at radius 1 is 1.53 bits per heavy atom. The molecule has 0 amide bonds. The predicted octanol–water partition coefficient (Wildman–Crippen LogP) is 2.06.